The summed E-state index contributed by atoms with van der Waals surface area (Å²) in [5.74, 6) is -1.72. The lowest BCUT2D eigenvalue weighted by Crippen LogP contribution is -2.51. The van der Waals surface area contributed by atoms with Crippen molar-refractivity contribution in [2.24, 2.45) is 11.8 Å². The average Bonchev–Trinajstić information content (AvgIpc) is 2.52. The Hall–Kier alpha value is -1.57. The van der Waals surface area contributed by atoms with Crippen molar-refractivity contribution in [3.63, 3.8) is 0 Å². The van der Waals surface area contributed by atoms with Crippen molar-refractivity contribution >= 4 is 34.7 Å². The maximum absolute atomic E-state index is 13.0. The van der Waals surface area contributed by atoms with Crippen molar-refractivity contribution in [1.82, 2.24) is 4.90 Å². The summed E-state index contributed by atoms with van der Waals surface area (Å²) in [6, 6.07) is -0.889. The van der Waals surface area contributed by atoms with Crippen LogP contribution in [0.1, 0.15) is 54.9 Å². The largest absolute Gasteiger partial charge is 0.467 e. The number of carbonyl (C=O) groups excluding carboxylic acids is 4. The first-order valence-electron chi connectivity index (χ1n) is 9.02. The molecule has 8 heteroatoms. The second-order valence-electron chi connectivity index (χ2n) is 7.92. The van der Waals surface area contributed by atoms with Gasteiger partial charge in [0.1, 0.15) is 18.2 Å². The molecule has 0 aliphatic carbocycles. The van der Waals surface area contributed by atoms with Crippen molar-refractivity contribution in [2.45, 2.75) is 66.5 Å². The van der Waals surface area contributed by atoms with Gasteiger partial charge < -0.3 is 14.4 Å². The summed E-state index contributed by atoms with van der Waals surface area (Å²) in [4.78, 5) is 50.1. The molecule has 27 heavy (non-hydrogen) atoms. The fraction of sp³-hybridized carbons (Fsp3) is 0.789. The number of esters is 2. The van der Waals surface area contributed by atoms with Gasteiger partial charge in [0.25, 0.3) is 0 Å². The van der Waals surface area contributed by atoms with Crippen LogP contribution >= 0.6 is 11.8 Å². The lowest BCUT2D eigenvalue weighted by atomic mass is 10.0. The van der Waals surface area contributed by atoms with Crippen LogP contribution in [0.4, 0.5) is 0 Å². The van der Waals surface area contributed by atoms with Crippen LogP contribution in [0.2, 0.25) is 0 Å². The first-order chi connectivity index (χ1) is 12.3. The molecular formula is C19H33NO6S. The van der Waals surface area contributed by atoms with Gasteiger partial charge >= 0.3 is 11.9 Å². The quantitative estimate of drug-likeness (QED) is 0.547. The second kappa shape index (κ2) is 11.3. The minimum Gasteiger partial charge on any atom is -0.467 e. The number of methoxy groups -OCH3 is 1. The molecule has 2 atom stereocenters. The number of amides is 1. The average molecular weight is 404 g/mol. The second-order valence-corrected chi connectivity index (χ2v) is 9.12. The molecule has 0 saturated heterocycles. The van der Waals surface area contributed by atoms with Crippen molar-refractivity contribution in [2.75, 3.05) is 19.4 Å². The van der Waals surface area contributed by atoms with Gasteiger partial charge in [-0.25, -0.2) is 4.79 Å². The summed E-state index contributed by atoms with van der Waals surface area (Å²) >= 11 is 1.04. The van der Waals surface area contributed by atoms with Gasteiger partial charge in [0.2, 0.25) is 5.91 Å². The Labute approximate surface area is 166 Å². The van der Waals surface area contributed by atoms with Gasteiger partial charge in [0, 0.05) is 18.6 Å². The van der Waals surface area contributed by atoms with E-state index in [-0.39, 0.29) is 29.2 Å². The molecule has 1 amide bonds. The molecule has 0 fully saturated rings. The summed E-state index contributed by atoms with van der Waals surface area (Å²) in [6.07, 6.45) is 0.355. The summed E-state index contributed by atoms with van der Waals surface area (Å²) in [5, 5.41) is -0.0972. The number of hydrogen-bond donors (Lipinski definition) is 0. The summed E-state index contributed by atoms with van der Waals surface area (Å²) in [7, 11) is 1.25. The molecule has 0 radical (unpaired) electrons. The Morgan fingerprint density at radius 2 is 1.63 bits per heavy atom. The molecule has 0 saturated carbocycles. The van der Waals surface area contributed by atoms with E-state index in [2.05, 4.69) is 0 Å². The summed E-state index contributed by atoms with van der Waals surface area (Å²) in [6.45, 7) is 11.8. The first-order valence-corrected chi connectivity index (χ1v) is 10.0. The molecule has 0 heterocycles. The Morgan fingerprint density at radius 3 is 2.04 bits per heavy atom. The third-order valence-corrected chi connectivity index (χ3v) is 4.58. The SMILES string of the molecule is COC(=O)[C@@H](CC(C)C)N(CC(=O)OC(C)(C)C)C(=O)C(C)CSC(C)=O. The maximum Gasteiger partial charge on any atom is 0.328 e. The molecule has 0 rings (SSSR count). The molecule has 0 aromatic rings. The predicted octanol–water partition coefficient (Wildman–Crippen LogP) is 2.66. The molecule has 7 nitrogen and oxygen atoms in total. The van der Waals surface area contributed by atoms with E-state index in [1.54, 1.807) is 27.7 Å². The van der Waals surface area contributed by atoms with E-state index >= 15 is 0 Å². The zero-order valence-electron chi connectivity index (χ0n) is 17.7. The van der Waals surface area contributed by atoms with Gasteiger partial charge in [0.05, 0.1) is 7.11 Å². The van der Waals surface area contributed by atoms with E-state index in [9.17, 15) is 19.2 Å². The highest BCUT2D eigenvalue weighted by atomic mass is 32.2. The molecule has 0 N–H and O–H groups in total. The first kappa shape index (κ1) is 25.4. The van der Waals surface area contributed by atoms with Gasteiger partial charge in [-0.3, -0.25) is 14.4 Å². The highest BCUT2D eigenvalue weighted by Gasteiger charge is 2.35. The minimum absolute atomic E-state index is 0.0972. The van der Waals surface area contributed by atoms with Crippen LogP contribution in [0.5, 0.6) is 0 Å². The molecule has 0 bridgehead atoms. The van der Waals surface area contributed by atoms with E-state index < -0.39 is 29.5 Å². The standard InChI is InChI=1S/C19H33NO6S/c1-12(2)9-15(18(24)25-8)20(10-16(22)26-19(5,6)7)17(23)13(3)11-27-14(4)21/h12-13,15H,9-11H2,1-8H3/t13?,15-/m1/s1. The van der Waals surface area contributed by atoms with Gasteiger partial charge in [-0.1, -0.05) is 32.5 Å². The maximum atomic E-state index is 13.0. The van der Waals surface area contributed by atoms with Crippen LogP contribution in [0.25, 0.3) is 0 Å². The Balaban J connectivity index is 5.61. The minimum atomic E-state index is -0.889. The molecule has 0 aromatic heterocycles. The molecule has 1 unspecified atom stereocenters. The third kappa shape index (κ3) is 10.4. The van der Waals surface area contributed by atoms with Crippen LogP contribution in [-0.4, -0.2) is 58.9 Å². The monoisotopic (exact) mass is 403 g/mol. The van der Waals surface area contributed by atoms with Gasteiger partial charge in [-0.2, -0.15) is 0 Å². The number of rotatable bonds is 9. The van der Waals surface area contributed by atoms with E-state index in [4.69, 9.17) is 9.47 Å². The van der Waals surface area contributed by atoms with E-state index in [1.807, 2.05) is 13.8 Å². The van der Waals surface area contributed by atoms with E-state index in [0.717, 1.165) is 11.8 Å². The fourth-order valence-electron chi connectivity index (χ4n) is 2.38. The summed E-state index contributed by atoms with van der Waals surface area (Å²) < 4.78 is 10.2. The van der Waals surface area contributed by atoms with Crippen LogP contribution in [-0.2, 0) is 28.7 Å². The number of carbonyl (C=O) groups is 4. The third-order valence-electron chi connectivity index (χ3n) is 3.50. The Bertz CT molecular complexity index is 541. The number of hydrogen-bond acceptors (Lipinski definition) is 7. The van der Waals surface area contributed by atoms with Gasteiger partial charge in [0.15, 0.2) is 5.12 Å². The normalized spacial score (nSPS) is 13.7. The van der Waals surface area contributed by atoms with Crippen LogP contribution in [0.3, 0.4) is 0 Å². The zero-order chi connectivity index (χ0) is 21.4. The molecule has 0 aliphatic rings. The van der Waals surface area contributed by atoms with Crippen molar-refractivity contribution in [3.8, 4) is 0 Å². The van der Waals surface area contributed by atoms with Crippen LogP contribution < -0.4 is 0 Å². The Morgan fingerprint density at radius 1 is 1.07 bits per heavy atom. The summed E-state index contributed by atoms with van der Waals surface area (Å²) in [5.41, 5.74) is -0.708. The topological polar surface area (TPSA) is 90.0 Å². The Kier molecular flexibility index (Phi) is 10.7. The van der Waals surface area contributed by atoms with Crippen molar-refractivity contribution in [1.29, 1.82) is 0 Å². The molecular weight excluding hydrogens is 370 g/mol. The zero-order valence-corrected chi connectivity index (χ0v) is 18.5. The molecule has 0 spiro atoms. The van der Waals surface area contributed by atoms with E-state index in [0.29, 0.717) is 6.42 Å². The number of ether oxygens (including phenoxy) is 2. The smallest absolute Gasteiger partial charge is 0.328 e. The van der Waals surface area contributed by atoms with Gasteiger partial charge in [-0.15, -0.1) is 0 Å². The molecule has 0 aliphatic heterocycles. The van der Waals surface area contributed by atoms with Crippen molar-refractivity contribution in [3.05, 3.63) is 0 Å². The molecule has 156 valence electrons. The van der Waals surface area contributed by atoms with Gasteiger partial charge in [-0.05, 0) is 33.1 Å². The lowest BCUT2D eigenvalue weighted by Gasteiger charge is -2.33. The fourth-order valence-corrected chi connectivity index (χ4v) is 3.01. The van der Waals surface area contributed by atoms with E-state index in [1.165, 1.54) is 18.9 Å². The molecule has 0 aromatic carbocycles. The van der Waals surface area contributed by atoms with Crippen LogP contribution in [0, 0.1) is 11.8 Å². The highest BCUT2D eigenvalue weighted by Crippen LogP contribution is 2.20. The predicted molar refractivity (Wildman–Crippen MR) is 105 cm³/mol. The number of nitrogens with zero attached hydrogens (tertiary/aromatic N) is 1. The van der Waals surface area contributed by atoms with Crippen molar-refractivity contribution < 1.29 is 28.7 Å². The highest BCUT2D eigenvalue weighted by molar-refractivity contribution is 8.13. The number of thioether (sulfide) groups is 1. The van der Waals surface area contributed by atoms with Crippen LogP contribution in [0.15, 0.2) is 0 Å². The lowest BCUT2D eigenvalue weighted by molar-refractivity contribution is -0.164.